The molecule has 16 heavy (non-hydrogen) atoms. The lowest BCUT2D eigenvalue weighted by Gasteiger charge is -2.42. The molecule has 0 N–H and O–H groups in total. The van der Waals surface area contributed by atoms with Crippen molar-refractivity contribution in [1.29, 1.82) is 0 Å². The number of hydrogen-bond donors (Lipinski definition) is 1. The van der Waals surface area contributed by atoms with E-state index in [0.717, 1.165) is 31.6 Å². The Hall–Kier alpha value is 0.230. The van der Waals surface area contributed by atoms with Crippen LogP contribution in [0.4, 0.5) is 0 Å². The van der Waals surface area contributed by atoms with Crippen molar-refractivity contribution in [2.24, 2.45) is 0 Å². The summed E-state index contributed by atoms with van der Waals surface area (Å²) in [5.41, 5.74) is 0. The van der Waals surface area contributed by atoms with E-state index in [-0.39, 0.29) is 0 Å². The summed E-state index contributed by atoms with van der Waals surface area (Å²) in [4.78, 5) is 5.25. The van der Waals surface area contributed by atoms with Crippen LogP contribution in [0.3, 0.4) is 0 Å². The summed E-state index contributed by atoms with van der Waals surface area (Å²) in [5, 5.41) is 0. The van der Waals surface area contributed by atoms with Gasteiger partial charge in [-0.05, 0) is 26.3 Å². The molecule has 4 heteroatoms. The highest BCUT2D eigenvalue weighted by Gasteiger charge is 2.33. The first-order valence-electron chi connectivity index (χ1n) is 6.48. The fourth-order valence-electron chi connectivity index (χ4n) is 2.91. The monoisotopic (exact) mass is 244 g/mol. The van der Waals surface area contributed by atoms with Gasteiger partial charge in [-0.15, -0.1) is 0 Å². The summed E-state index contributed by atoms with van der Waals surface area (Å²) in [6.45, 7) is 8.87. The van der Waals surface area contributed by atoms with E-state index in [4.69, 9.17) is 4.74 Å². The van der Waals surface area contributed by atoms with Crippen molar-refractivity contribution in [3.05, 3.63) is 0 Å². The Morgan fingerprint density at radius 2 is 2.19 bits per heavy atom. The number of nitrogens with zero attached hydrogens (tertiary/aromatic N) is 2. The van der Waals surface area contributed by atoms with Crippen LogP contribution in [-0.4, -0.2) is 67.0 Å². The largest absolute Gasteiger partial charge is 0.379 e. The molecule has 2 aliphatic heterocycles. The molecule has 3 nitrogen and oxygen atoms in total. The lowest BCUT2D eigenvalue weighted by molar-refractivity contribution is 0.0333. The van der Waals surface area contributed by atoms with Crippen LogP contribution in [0.5, 0.6) is 0 Å². The quantitative estimate of drug-likeness (QED) is 0.576. The third-order valence-corrected chi connectivity index (χ3v) is 4.01. The van der Waals surface area contributed by atoms with Gasteiger partial charge in [0.25, 0.3) is 0 Å². The lowest BCUT2D eigenvalue weighted by atomic mass is 10.1. The van der Waals surface area contributed by atoms with Crippen LogP contribution in [0.2, 0.25) is 0 Å². The normalized spacial score (nSPS) is 31.9. The molecule has 2 unspecified atom stereocenters. The number of fused-ring (bicyclic) bond motifs is 1. The van der Waals surface area contributed by atoms with Crippen LogP contribution in [0, 0.1) is 0 Å². The number of ether oxygens (including phenoxy) is 1. The molecule has 2 atom stereocenters. The Labute approximate surface area is 105 Å². The number of hydrogen-bond acceptors (Lipinski definition) is 4. The standard InChI is InChI=1S/C12H24N2OS/c1-11-9-14-4-2-3-12(14)10-13(11)5-6-15-7-8-16/h11-12,16H,2-10H2,1H3. The van der Waals surface area contributed by atoms with Gasteiger partial charge < -0.3 is 4.74 Å². The van der Waals surface area contributed by atoms with Crippen LogP contribution in [0.1, 0.15) is 19.8 Å². The molecular formula is C12H24N2OS. The molecule has 94 valence electrons. The molecule has 0 amide bonds. The highest BCUT2D eigenvalue weighted by Crippen LogP contribution is 2.24. The maximum Gasteiger partial charge on any atom is 0.0593 e. The van der Waals surface area contributed by atoms with Crippen LogP contribution >= 0.6 is 12.6 Å². The van der Waals surface area contributed by atoms with Crippen LogP contribution in [0.25, 0.3) is 0 Å². The molecule has 0 aromatic rings. The minimum Gasteiger partial charge on any atom is -0.379 e. The number of piperazine rings is 1. The van der Waals surface area contributed by atoms with Gasteiger partial charge in [0.1, 0.15) is 0 Å². The summed E-state index contributed by atoms with van der Waals surface area (Å²) in [6, 6.07) is 1.51. The average Bonchev–Trinajstić information content (AvgIpc) is 2.71. The van der Waals surface area contributed by atoms with E-state index < -0.39 is 0 Å². The third-order valence-electron chi connectivity index (χ3n) is 3.82. The van der Waals surface area contributed by atoms with Crippen LogP contribution < -0.4 is 0 Å². The molecule has 2 heterocycles. The molecule has 0 bridgehead atoms. The van der Waals surface area contributed by atoms with E-state index in [1.165, 1.54) is 32.5 Å². The molecule has 2 saturated heterocycles. The molecule has 0 aromatic carbocycles. The Kier molecular flexibility index (Phi) is 4.95. The van der Waals surface area contributed by atoms with E-state index in [1.807, 2.05) is 0 Å². The van der Waals surface area contributed by atoms with Crippen LogP contribution in [0.15, 0.2) is 0 Å². The van der Waals surface area contributed by atoms with Gasteiger partial charge in [0.05, 0.1) is 13.2 Å². The zero-order valence-corrected chi connectivity index (χ0v) is 11.2. The molecule has 0 aromatic heterocycles. The molecular weight excluding hydrogens is 220 g/mol. The van der Waals surface area contributed by atoms with Gasteiger partial charge in [0, 0.05) is 37.5 Å². The maximum atomic E-state index is 5.51. The fourth-order valence-corrected chi connectivity index (χ4v) is 3.04. The zero-order valence-electron chi connectivity index (χ0n) is 10.3. The third kappa shape index (κ3) is 3.13. The van der Waals surface area contributed by atoms with Crippen LogP contribution in [-0.2, 0) is 4.74 Å². The highest BCUT2D eigenvalue weighted by atomic mass is 32.1. The van der Waals surface area contributed by atoms with E-state index in [0.29, 0.717) is 6.04 Å². The molecule has 0 saturated carbocycles. The molecule has 2 fully saturated rings. The molecule has 0 aliphatic carbocycles. The SMILES string of the molecule is CC1CN2CCCC2CN1CCOCCS. The first-order chi connectivity index (χ1) is 7.81. The minimum atomic E-state index is 0.689. The van der Waals surface area contributed by atoms with Crippen molar-refractivity contribution in [3.8, 4) is 0 Å². The number of rotatable bonds is 5. The Balaban J connectivity index is 1.72. The van der Waals surface area contributed by atoms with Gasteiger partial charge in [-0.25, -0.2) is 0 Å². The maximum absolute atomic E-state index is 5.51. The Morgan fingerprint density at radius 1 is 1.31 bits per heavy atom. The highest BCUT2D eigenvalue weighted by molar-refractivity contribution is 7.80. The van der Waals surface area contributed by atoms with Crippen molar-refractivity contribution >= 4 is 12.6 Å². The van der Waals surface area contributed by atoms with E-state index in [9.17, 15) is 0 Å². The number of thiol groups is 1. The Bertz CT molecular complexity index is 215. The van der Waals surface area contributed by atoms with Crippen molar-refractivity contribution in [1.82, 2.24) is 9.80 Å². The summed E-state index contributed by atoms with van der Waals surface area (Å²) in [5.74, 6) is 0.825. The second-order valence-electron chi connectivity index (χ2n) is 4.97. The predicted octanol–water partition coefficient (Wildman–Crippen LogP) is 1.10. The molecule has 2 aliphatic rings. The van der Waals surface area contributed by atoms with E-state index in [2.05, 4.69) is 29.4 Å². The van der Waals surface area contributed by atoms with Gasteiger partial charge in [0.15, 0.2) is 0 Å². The van der Waals surface area contributed by atoms with Crippen molar-refractivity contribution in [3.63, 3.8) is 0 Å². The van der Waals surface area contributed by atoms with Crippen molar-refractivity contribution in [2.75, 3.05) is 45.1 Å². The molecule has 2 rings (SSSR count). The summed E-state index contributed by atoms with van der Waals surface area (Å²) in [6.07, 6.45) is 2.78. The summed E-state index contributed by atoms with van der Waals surface area (Å²) >= 11 is 4.14. The van der Waals surface area contributed by atoms with E-state index >= 15 is 0 Å². The first kappa shape index (κ1) is 12.7. The van der Waals surface area contributed by atoms with Crippen molar-refractivity contribution in [2.45, 2.75) is 31.8 Å². The van der Waals surface area contributed by atoms with Gasteiger partial charge in [-0.2, -0.15) is 12.6 Å². The summed E-state index contributed by atoms with van der Waals surface area (Å²) in [7, 11) is 0. The van der Waals surface area contributed by atoms with E-state index in [1.54, 1.807) is 0 Å². The minimum absolute atomic E-state index is 0.689. The van der Waals surface area contributed by atoms with Gasteiger partial charge in [-0.1, -0.05) is 0 Å². The van der Waals surface area contributed by atoms with Gasteiger partial charge in [0.2, 0.25) is 0 Å². The Morgan fingerprint density at radius 3 is 3.00 bits per heavy atom. The smallest absolute Gasteiger partial charge is 0.0593 e. The topological polar surface area (TPSA) is 15.7 Å². The second kappa shape index (κ2) is 6.24. The lowest BCUT2D eigenvalue weighted by Crippen LogP contribution is -2.55. The van der Waals surface area contributed by atoms with Gasteiger partial charge >= 0.3 is 0 Å². The first-order valence-corrected chi connectivity index (χ1v) is 7.11. The zero-order chi connectivity index (χ0) is 11.4. The predicted molar refractivity (Wildman–Crippen MR) is 70.3 cm³/mol. The van der Waals surface area contributed by atoms with Crippen molar-refractivity contribution < 1.29 is 4.74 Å². The molecule has 0 spiro atoms. The molecule has 0 radical (unpaired) electrons. The second-order valence-corrected chi connectivity index (χ2v) is 5.42. The fraction of sp³-hybridized carbons (Fsp3) is 1.00. The van der Waals surface area contributed by atoms with Gasteiger partial charge in [-0.3, -0.25) is 9.80 Å². The summed E-state index contributed by atoms with van der Waals surface area (Å²) < 4.78 is 5.51. The average molecular weight is 244 g/mol.